The van der Waals surface area contributed by atoms with Gasteiger partial charge in [0.15, 0.2) is 5.82 Å². The number of hydrogen-bond donors (Lipinski definition) is 1. The van der Waals surface area contributed by atoms with Crippen LogP contribution in [-0.2, 0) is 6.61 Å². The topological polar surface area (TPSA) is 94.8 Å². The maximum atomic E-state index is 14.2. The molecule has 152 valence electrons. The molecule has 2 aromatic heterocycles. The van der Waals surface area contributed by atoms with Crippen LogP contribution in [0.5, 0.6) is 5.75 Å². The summed E-state index contributed by atoms with van der Waals surface area (Å²) in [7, 11) is 0. The van der Waals surface area contributed by atoms with Gasteiger partial charge in [-0.1, -0.05) is 0 Å². The molecule has 4 rings (SSSR count). The van der Waals surface area contributed by atoms with Gasteiger partial charge < -0.3 is 10.1 Å². The Bertz CT molecular complexity index is 1190. The van der Waals surface area contributed by atoms with E-state index in [0.29, 0.717) is 29.4 Å². The molecule has 0 spiro atoms. The summed E-state index contributed by atoms with van der Waals surface area (Å²) in [5.41, 5.74) is 1.80. The molecule has 0 atom stereocenters. The number of rotatable bonds is 6. The van der Waals surface area contributed by atoms with E-state index in [1.165, 1.54) is 22.9 Å². The van der Waals surface area contributed by atoms with Crippen LogP contribution >= 0.6 is 11.3 Å². The summed E-state index contributed by atoms with van der Waals surface area (Å²) in [6.07, 6.45) is 0. The fourth-order valence-electron chi connectivity index (χ4n) is 2.74. The summed E-state index contributed by atoms with van der Waals surface area (Å²) in [5, 5.41) is 16.7. The lowest BCUT2D eigenvalue weighted by Crippen LogP contribution is -2.13. The largest absolute Gasteiger partial charge is 0.487 e. The summed E-state index contributed by atoms with van der Waals surface area (Å²) >= 11 is 1.56. The van der Waals surface area contributed by atoms with Gasteiger partial charge in [-0.15, -0.1) is 16.4 Å². The Morgan fingerprint density at radius 1 is 1.20 bits per heavy atom. The number of nitrogens with zero attached hydrogens (tertiary/aromatic N) is 5. The zero-order chi connectivity index (χ0) is 21.1. The molecule has 2 heterocycles. The highest BCUT2D eigenvalue weighted by atomic mass is 32.1. The van der Waals surface area contributed by atoms with Crippen LogP contribution in [0.25, 0.3) is 5.69 Å². The number of thiazole rings is 1. The quantitative estimate of drug-likeness (QED) is 0.507. The molecule has 0 aliphatic rings. The van der Waals surface area contributed by atoms with Crippen LogP contribution in [0.15, 0.2) is 47.8 Å². The molecular formula is C20H17FN6O2S. The van der Waals surface area contributed by atoms with Crippen molar-refractivity contribution in [2.45, 2.75) is 20.5 Å². The van der Waals surface area contributed by atoms with Gasteiger partial charge in [0.05, 0.1) is 22.1 Å². The lowest BCUT2D eigenvalue weighted by atomic mass is 10.2. The minimum absolute atomic E-state index is 0.0339. The first-order chi connectivity index (χ1) is 14.5. The number of benzene rings is 2. The van der Waals surface area contributed by atoms with E-state index in [-0.39, 0.29) is 5.69 Å². The van der Waals surface area contributed by atoms with Crippen molar-refractivity contribution >= 4 is 22.9 Å². The third-order valence-corrected chi connectivity index (χ3v) is 5.06. The van der Waals surface area contributed by atoms with Gasteiger partial charge in [-0.05, 0) is 66.7 Å². The molecule has 0 bridgehead atoms. The summed E-state index contributed by atoms with van der Waals surface area (Å²) in [5.74, 6) is 0.152. The number of hydrogen-bond acceptors (Lipinski definition) is 7. The molecule has 0 fully saturated rings. The SMILES string of the molecule is Cc1nc(COc2ccc(C(=O)Nc3cc(-n4nnnc4C)ccc3F)cc2)cs1. The van der Waals surface area contributed by atoms with Gasteiger partial charge >= 0.3 is 0 Å². The molecule has 0 radical (unpaired) electrons. The van der Waals surface area contributed by atoms with Crippen molar-refractivity contribution in [3.63, 3.8) is 0 Å². The second-order valence-corrected chi connectivity index (χ2v) is 7.49. The number of tetrazole rings is 1. The van der Waals surface area contributed by atoms with E-state index >= 15 is 0 Å². The maximum Gasteiger partial charge on any atom is 0.255 e. The number of carbonyl (C=O) groups is 1. The first kappa shape index (κ1) is 19.6. The molecule has 8 nitrogen and oxygen atoms in total. The number of halogens is 1. The standard InChI is InChI=1S/C20H17FN6O2S/c1-12-24-25-26-27(12)16-5-8-18(21)19(9-16)23-20(28)14-3-6-17(7-4-14)29-10-15-11-30-13(2)22-15/h3-9,11H,10H2,1-2H3,(H,23,28). The second kappa shape index (κ2) is 8.37. The van der Waals surface area contributed by atoms with Crippen LogP contribution in [-0.4, -0.2) is 31.1 Å². The molecule has 0 saturated heterocycles. The highest BCUT2D eigenvalue weighted by molar-refractivity contribution is 7.09. The molecule has 0 unspecified atom stereocenters. The Kier molecular flexibility index (Phi) is 5.48. The van der Waals surface area contributed by atoms with E-state index in [9.17, 15) is 9.18 Å². The number of anilines is 1. The van der Waals surface area contributed by atoms with E-state index in [4.69, 9.17) is 4.74 Å². The highest BCUT2D eigenvalue weighted by Crippen LogP contribution is 2.21. The number of carbonyl (C=O) groups excluding carboxylic acids is 1. The van der Waals surface area contributed by atoms with Crippen LogP contribution in [0, 0.1) is 19.7 Å². The Balaban J connectivity index is 1.44. The number of aryl methyl sites for hydroxylation is 2. The molecule has 0 saturated carbocycles. The van der Waals surface area contributed by atoms with Crippen LogP contribution in [0.3, 0.4) is 0 Å². The minimum Gasteiger partial charge on any atom is -0.487 e. The van der Waals surface area contributed by atoms with Crippen molar-refractivity contribution in [3.05, 3.63) is 75.8 Å². The van der Waals surface area contributed by atoms with Gasteiger partial charge in [-0.2, -0.15) is 4.68 Å². The average molecular weight is 424 g/mol. The Morgan fingerprint density at radius 2 is 2.00 bits per heavy atom. The van der Waals surface area contributed by atoms with Crippen molar-refractivity contribution in [1.82, 2.24) is 25.2 Å². The number of nitrogens with one attached hydrogen (secondary N) is 1. The zero-order valence-electron chi connectivity index (χ0n) is 16.2. The molecule has 30 heavy (non-hydrogen) atoms. The van der Waals surface area contributed by atoms with Gasteiger partial charge in [0.2, 0.25) is 0 Å². The van der Waals surface area contributed by atoms with Gasteiger partial charge in [0, 0.05) is 10.9 Å². The zero-order valence-corrected chi connectivity index (χ0v) is 17.0. The van der Waals surface area contributed by atoms with Crippen molar-refractivity contribution in [2.24, 2.45) is 0 Å². The predicted molar refractivity (Wildman–Crippen MR) is 109 cm³/mol. The average Bonchev–Trinajstić information content (AvgIpc) is 3.36. The molecule has 1 amide bonds. The first-order valence-electron chi connectivity index (χ1n) is 9.00. The summed E-state index contributed by atoms with van der Waals surface area (Å²) in [4.78, 5) is 16.9. The highest BCUT2D eigenvalue weighted by Gasteiger charge is 2.13. The Hall–Kier alpha value is -3.66. The monoisotopic (exact) mass is 424 g/mol. The van der Waals surface area contributed by atoms with Crippen LogP contribution < -0.4 is 10.1 Å². The van der Waals surface area contributed by atoms with Crippen molar-refractivity contribution in [2.75, 3.05) is 5.32 Å². The normalized spacial score (nSPS) is 10.8. The lowest BCUT2D eigenvalue weighted by molar-refractivity contribution is 0.102. The molecule has 4 aromatic rings. The molecule has 10 heteroatoms. The van der Waals surface area contributed by atoms with Crippen molar-refractivity contribution < 1.29 is 13.9 Å². The van der Waals surface area contributed by atoms with E-state index in [1.54, 1.807) is 42.5 Å². The molecule has 1 N–H and O–H groups in total. The molecular weight excluding hydrogens is 407 g/mol. The lowest BCUT2D eigenvalue weighted by Gasteiger charge is -2.10. The summed E-state index contributed by atoms with van der Waals surface area (Å²) in [6, 6.07) is 10.9. The molecule has 0 aliphatic heterocycles. The third-order valence-electron chi connectivity index (χ3n) is 4.24. The van der Waals surface area contributed by atoms with Gasteiger partial charge in [0.25, 0.3) is 5.91 Å². The van der Waals surface area contributed by atoms with Gasteiger partial charge in [0.1, 0.15) is 18.2 Å². The second-order valence-electron chi connectivity index (χ2n) is 6.43. The van der Waals surface area contributed by atoms with E-state index in [0.717, 1.165) is 10.7 Å². The fourth-order valence-corrected chi connectivity index (χ4v) is 3.34. The minimum atomic E-state index is -0.559. The van der Waals surface area contributed by atoms with E-state index in [2.05, 4.69) is 25.8 Å². The smallest absolute Gasteiger partial charge is 0.255 e. The number of amides is 1. The van der Waals surface area contributed by atoms with Crippen LogP contribution in [0.4, 0.5) is 10.1 Å². The third kappa shape index (κ3) is 4.33. The molecule has 0 aliphatic carbocycles. The first-order valence-corrected chi connectivity index (χ1v) is 9.88. The molecule has 2 aromatic carbocycles. The Labute approximate surface area is 175 Å². The number of ether oxygens (including phenoxy) is 1. The Morgan fingerprint density at radius 3 is 2.67 bits per heavy atom. The van der Waals surface area contributed by atoms with Crippen molar-refractivity contribution in [3.8, 4) is 11.4 Å². The summed E-state index contributed by atoms with van der Waals surface area (Å²) in [6.45, 7) is 4.01. The number of aromatic nitrogens is 5. The van der Waals surface area contributed by atoms with E-state index in [1.807, 2.05) is 12.3 Å². The van der Waals surface area contributed by atoms with Gasteiger partial charge in [-0.25, -0.2) is 9.37 Å². The van der Waals surface area contributed by atoms with Crippen molar-refractivity contribution in [1.29, 1.82) is 0 Å². The fraction of sp³-hybridized carbons (Fsp3) is 0.150. The predicted octanol–water partition coefficient (Wildman–Crippen LogP) is 3.71. The van der Waals surface area contributed by atoms with Crippen LogP contribution in [0.2, 0.25) is 0 Å². The van der Waals surface area contributed by atoms with Crippen LogP contribution in [0.1, 0.15) is 26.9 Å². The van der Waals surface area contributed by atoms with E-state index < -0.39 is 11.7 Å². The summed E-state index contributed by atoms with van der Waals surface area (Å²) < 4.78 is 21.3. The van der Waals surface area contributed by atoms with Gasteiger partial charge in [-0.3, -0.25) is 4.79 Å². The maximum absolute atomic E-state index is 14.2.